The van der Waals surface area contributed by atoms with Gasteiger partial charge in [0.15, 0.2) is 0 Å². The average Bonchev–Trinajstić information content (AvgIpc) is 3.11. The number of nitrogens with one attached hydrogen (secondary N) is 1. The molecule has 2 aromatic carbocycles. The number of hydrogen-bond acceptors (Lipinski definition) is 2. The molecule has 1 aliphatic rings. The highest BCUT2D eigenvalue weighted by atomic mass is 35.5. The van der Waals surface area contributed by atoms with Gasteiger partial charge in [0, 0.05) is 23.2 Å². The van der Waals surface area contributed by atoms with E-state index >= 15 is 0 Å². The van der Waals surface area contributed by atoms with Crippen LogP contribution in [0.2, 0.25) is 5.02 Å². The smallest absolute Gasteiger partial charge is 0.230 e. The third kappa shape index (κ3) is 3.74. The Bertz CT molecular complexity index is 789. The van der Waals surface area contributed by atoms with E-state index in [-0.39, 0.29) is 18.0 Å². The van der Waals surface area contributed by atoms with E-state index in [1.54, 1.807) is 12.1 Å². The van der Waals surface area contributed by atoms with Crippen molar-refractivity contribution in [3.05, 3.63) is 70.2 Å². The van der Waals surface area contributed by atoms with Gasteiger partial charge in [0.25, 0.3) is 0 Å². The fraction of sp³-hybridized carbons (Fsp3) is 0.350. The summed E-state index contributed by atoms with van der Waals surface area (Å²) in [5, 5.41) is 13.5. The number of aliphatic hydroxyl groups excluding tert-OH is 1. The topological polar surface area (TPSA) is 49.3 Å². The van der Waals surface area contributed by atoms with Crippen molar-refractivity contribution in [2.24, 2.45) is 0 Å². The molecular formula is C20H20ClF2NO2. The predicted molar refractivity (Wildman–Crippen MR) is 95.9 cm³/mol. The Balaban J connectivity index is 1.73. The number of rotatable bonds is 5. The van der Waals surface area contributed by atoms with E-state index in [0.29, 0.717) is 23.9 Å². The van der Waals surface area contributed by atoms with E-state index in [2.05, 4.69) is 5.32 Å². The summed E-state index contributed by atoms with van der Waals surface area (Å²) in [7, 11) is 0. The summed E-state index contributed by atoms with van der Waals surface area (Å²) < 4.78 is 26.8. The summed E-state index contributed by atoms with van der Waals surface area (Å²) >= 11 is 5.94. The fourth-order valence-corrected chi connectivity index (χ4v) is 3.76. The van der Waals surface area contributed by atoms with Gasteiger partial charge in [-0.25, -0.2) is 8.78 Å². The van der Waals surface area contributed by atoms with Crippen molar-refractivity contribution in [1.29, 1.82) is 0 Å². The molecule has 0 saturated heterocycles. The summed E-state index contributed by atoms with van der Waals surface area (Å²) in [6, 6.07) is 10.2. The Morgan fingerprint density at radius 1 is 1.15 bits per heavy atom. The molecule has 0 radical (unpaired) electrons. The number of carbonyl (C=O) groups is 1. The molecule has 1 atom stereocenters. The Labute approximate surface area is 156 Å². The number of aliphatic hydroxyl groups is 1. The highest BCUT2D eigenvalue weighted by Gasteiger charge is 2.42. The molecular weight excluding hydrogens is 360 g/mol. The van der Waals surface area contributed by atoms with Crippen LogP contribution in [0.3, 0.4) is 0 Å². The van der Waals surface area contributed by atoms with Crippen molar-refractivity contribution in [2.45, 2.75) is 37.2 Å². The number of amides is 1. The molecule has 1 amide bonds. The molecule has 2 N–H and O–H groups in total. The van der Waals surface area contributed by atoms with Crippen LogP contribution in [-0.4, -0.2) is 17.6 Å². The molecule has 1 aliphatic carbocycles. The van der Waals surface area contributed by atoms with Crippen molar-refractivity contribution in [1.82, 2.24) is 5.32 Å². The summed E-state index contributed by atoms with van der Waals surface area (Å²) in [6.45, 7) is -0.142. The lowest BCUT2D eigenvalue weighted by molar-refractivity contribution is -0.127. The van der Waals surface area contributed by atoms with Crippen molar-refractivity contribution in [3.8, 4) is 0 Å². The zero-order valence-electron chi connectivity index (χ0n) is 14.1. The lowest BCUT2D eigenvalue weighted by atomic mass is 9.78. The Morgan fingerprint density at radius 2 is 1.81 bits per heavy atom. The number of halogens is 3. The van der Waals surface area contributed by atoms with Gasteiger partial charge in [0.1, 0.15) is 11.6 Å². The first-order chi connectivity index (χ1) is 12.4. The molecule has 3 rings (SSSR count). The molecule has 1 saturated carbocycles. The van der Waals surface area contributed by atoms with Gasteiger partial charge >= 0.3 is 0 Å². The molecule has 1 unspecified atom stereocenters. The second kappa shape index (κ2) is 7.72. The van der Waals surface area contributed by atoms with Crippen molar-refractivity contribution >= 4 is 17.5 Å². The highest BCUT2D eigenvalue weighted by Crippen LogP contribution is 2.41. The largest absolute Gasteiger partial charge is 0.386 e. The lowest BCUT2D eigenvalue weighted by Gasteiger charge is -2.29. The first-order valence-corrected chi connectivity index (χ1v) is 8.97. The molecule has 3 nitrogen and oxygen atoms in total. The number of benzene rings is 2. The van der Waals surface area contributed by atoms with Crippen molar-refractivity contribution < 1.29 is 18.7 Å². The minimum Gasteiger partial charge on any atom is -0.386 e. The molecule has 0 bridgehead atoms. The van der Waals surface area contributed by atoms with E-state index in [0.717, 1.165) is 24.5 Å². The minimum absolute atomic E-state index is 0.0429. The van der Waals surface area contributed by atoms with Gasteiger partial charge in [-0.05, 0) is 36.6 Å². The third-order valence-electron chi connectivity index (χ3n) is 5.07. The van der Waals surface area contributed by atoms with E-state index in [1.807, 2.05) is 12.1 Å². The van der Waals surface area contributed by atoms with Gasteiger partial charge in [0.2, 0.25) is 5.91 Å². The van der Waals surface area contributed by atoms with Crippen LogP contribution in [-0.2, 0) is 10.2 Å². The van der Waals surface area contributed by atoms with Crippen LogP contribution in [0, 0.1) is 11.6 Å². The Hall–Kier alpha value is -1.98. The molecule has 0 aliphatic heterocycles. The van der Waals surface area contributed by atoms with Crippen LogP contribution in [0.5, 0.6) is 0 Å². The zero-order valence-corrected chi connectivity index (χ0v) is 14.9. The quantitative estimate of drug-likeness (QED) is 0.814. The SMILES string of the molecule is O=C(NCC(O)c1ccc(F)cc1F)C1(c2ccc(Cl)cc2)CCCC1. The minimum atomic E-state index is -1.25. The molecule has 6 heteroatoms. The number of hydrogen-bond donors (Lipinski definition) is 2. The van der Waals surface area contributed by atoms with E-state index in [1.165, 1.54) is 6.07 Å². The van der Waals surface area contributed by atoms with Gasteiger partial charge in [-0.2, -0.15) is 0 Å². The highest BCUT2D eigenvalue weighted by molar-refractivity contribution is 6.30. The zero-order chi connectivity index (χ0) is 18.7. The van der Waals surface area contributed by atoms with Crippen LogP contribution < -0.4 is 5.32 Å². The summed E-state index contributed by atoms with van der Waals surface area (Å²) in [5.74, 6) is -1.74. The van der Waals surface area contributed by atoms with Crippen LogP contribution in [0.4, 0.5) is 8.78 Å². The second-order valence-corrected chi connectivity index (χ2v) is 7.12. The Kier molecular flexibility index (Phi) is 5.58. The lowest BCUT2D eigenvalue weighted by Crippen LogP contribution is -2.44. The fourth-order valence-electron chi connectivity index (χ4n) is 3.63. The average molecular weight is 380 g/mol. The van der Waals surface area contributed by atoms with E-state index in [9.17, 15) is 18.7 Å². The standard InChI is InChI=1S/C20H20ClF2NO2/c21-14-5-3-13(4-6-14)20(9-1-2-10-20)19(26)24-12-18(25)16-8-7-15(22)11-17(16)23/h3-8,11,18,25H,1-2,9-10,12H2,(H,24,26). The van der Waals surface area contributed by atoms with Crippen molar-refractivity contribution in [2.75, 3.05) is 6.54 Å². The normalized spacial score (nSPS) is 17.1. The third-order valence-corrected chi connectivity index (χ3v) is 5.32. The predicted octanol–water partition coefficient (Wildman–Crippen LogP) is 4.28. The van der Waals surface area contributed by atoms with Crippen LogP contribution in [0.1, 0.15) is 42.9 Å². The second-order valence-electron chi connectivity index (χ2n) is 6.69. The van der Waals surface area contributed by atoms with Gasteiger partial charge in [0.05, 0.1) is 11.5 Å². The van der Waals surface area contributed by atoms with E-state index < -0.39 is 23.2 Å². The van der Waals surface area contributed by atoms with Gasteiger partial charge in [-0.3, -0.25) is 4.79 Å². The molecule has 0 heterocycles. The first-order valence-electron chi connectivity index (χ1n) is 8.60. The molecule has 0 spiro atoms. The van der Waals surface area contributed by atoms with Crippen LogP contribution >= 0.6 is 11.6 Å². The van der Waals surface area contributed by atoms with Gasteiger partial charge in [-0.15, -0.1) is 0 Å². The van der Waals surface area contributed by atoms with Gasteiger partial charge < -0.3 is 10.4 Å². The summed E-state index contributed by atoms with van der Waals surface area (Å²) in [4.78, 5) is 12.9. The molecule has 2 aromatic rings. The monoisotopic (exact) mass is 379 g/mol. The molecule has 138 valence electrons. The van der Waals surface area contributed by atoms with E-state index in [4.69, 9.17) is 11.6 Å². The van der Waals surface area contributed by atoms with Crippen LogP contribution in [0.15, 0.2) is 42.5 Å². The summed E-state index contributed by atoms with van der Waals surface area (Å²) in [6.07, 6.45) is 2.04. The molecule has 1 fully saturated rings. The van der Waals surface area contributed by atoms with Gasteiger partial charge in [-0.1, -0.05) is 42.6 Å². The molecule has 26 heavy (non-hydrogen) atoms. The van der Waals surface area contributed by atoms with Crippen LogP contribution in [0.25, 0.3) is 0 Å². The maximum atomic E-state index is 13.8. The maximum absolute atomic E-state index is 13.8. The summed E-state index contributed by atoms with van der Waals surface area (Å²) in [5.41, 5.74) is 0.184. The molecule has 0 aromatic heterocycles. The maximum Gasteiger partial charge on any atom is 0.230 e. The van der Waals surface area contributed by atoms with Crippen molar-refractivity contribution in [3.63, 3.8) is 0 Å². The Morgan fingerprint density at radius 3 is 2.42 bits per heavy atom. The number of carbonyl (C=O) groups excluding carboxylic acids is 1. The first kappa shape index (κ1) is 18.8.